The van der Waals surface area contributed by atoms with Crippen LogP contribution in [0, 0.1) is 0 Å². The van der Waals surface area contributed by atoms with Gasteiger partial charge in [0.2, 0.25) is 5.91 Å². The number of carbonyl (C=O) groups is 1. The molecule has 2 heterocycles. The number of aromatic nitrogens is 2. The molecule has 0 N–H and O–H groups in total. The van der Waals surface area contributed by atoms with E-state index in [9.17, 15) is 4.79 Å². The second-order valence-corrected chi connectivity index (χ2v) is 4.74. The van der Waals surface area contributed by atoms with Gasteiger partial charge in [-0.15, -0.1) is 0 Å². The predicted octanol–water partition coefficient (Wildman–Crippen LogP) is 0.529. The molecule has 0 saturated heterocycles. The zero-order valence-electron chi connectivity index (χ0n) is 11.8. The van der Waals surface area contributed by atoms with Crippen LogP contribution in [0.25, 0.3) is 0 Å². The number of ether oxygens (including phenoxy) is 2. The monoisotopic (exact) mass is 267 g/mol. The number of fused-ring (bicyclic) bond motifs is 1. The van der Waals surface area contributed by atoms with E-state index < -0.39 is 0 Å². The molecule has 0 aromatic carbocycles. The summed E-state index contributed by atoms with van der Waals surface area (Å²) in [6, 6.07) is 0. The molecule has 6 nitrogen and oxygen atoms in total. The average Bonchev–Trinajstić information content (AvgIpc) is 2.78. The zero-order valence-corrected chi connectivity index (χ0v) is 11.8. The Morgan fingerprint density at radius 2 is 2.37 bits per heavy atom. The zero-order chi connectivity index (χ0) is 13.8. The van der Waals surface area contributed by atoms with Gasteiger partial charge in [-0.3, -0.25) is 9.48 Å². The van der Waals surface area contributed by atoms with Crippen molar-refractivity contribution >= 4 is 5.91 Å². The molecular weight excluding hydrogens is 246 g/mol. The van der Waals surface area contributed by atoms with Crippen molar-refractivity contribution in [2.75, 3.05) is 33.5 Å². The summed E-state index contributed by atoms with van der Waals surface area (Å²) in [6.45, 7) is 4.44. The van der Waals surface area contributed by atoms with E-state index in [1.54, 1.807) is 7.11 Å². The van der Waals surface area contributed by atoms with E-state index in [4.69, 9.17) is 9.47 Å². The first-order chi connectivity index (χ1) is 9.17. The molecule has 1 amide bonds. The first-order valence-corrected chi connectivity index (χ1v) is 6.52. The third kappa shape index (κ3) is 2.96. The van der Waals surface area contributed by atoms with Crippen molar-refractivity contribution in [3.63, 3.8) is 0 Å². The smallest absolute Gasteiger partial charge is 0.248 e. The normalized spacial score (nSPS) is 18.5. The van der Waals surface area contributed by atoms with Crippen LogP contribution in [0.4, 0.5) is 0 Å². The van der Waals surface area contributed by atoms with E-state index in [1.165, 1.54) is 5.69 Å². The molecular formula is C13H21N3O3. The van der Waals surface area contributed by atoms with Crippen molar-refractivity contribution in [3.8, 4) is 0 Å². The second kappa shape index (κ2) is 6.16. The van der Waals surface area contributed by atoms with Crippen molar-refractivity contribution in [1.29, 1.82) is 0 Å². The maximum atomic E-state index is 12.1. The number of rotatable bonds is 5. The Labute approximate surface area is 113 Å². The molecule has 1 atom stereocenters. The van der Waals surface area contributed by atoms with Gasteiger partial charge in [-0.25, -0.2) is 0 Å². The van der Waals surface area contributed by atoms with E-state index in [-0.39, 0.29) is 18.4 Å². The van der Waals surface area contributed by atoms with Crippen LogP contribution in [-0.4, -0.2) is 54.1 Å². The molecule has 106 valence electrons. The number of hydrogen-bond acceptors (Lipinski definition) is 4. The third-order valence-electron chi connectivity index (χ3n) is 3.40. The van der Waals surface area contributed by atoms with Crippen LogP contribution in [0.15, 0.2) is 6.20 Å². The van der Waals surface area contributed by atoms with Crippen LogP contribution in [-0.2, 0) is 27.9 Å². The minimum Gasteiger partial charge on any atom is -0.384 e. The van der Waals surface area contributed by atoms with Gasteiger partial charge in [-0.2, -0.15) is 5.10 Å². The lowest BCUT2D eigenvalue weighted by Gasteiger charge is -2.32. The fourth-order valence-electron chi connectivity index (χ4n) is 2.57. The Kier molecular flexibility index (Phi) is 4.55. The Morgan fingerprint density at radius 3 is 3.05 bits per heavy atom. The molecule has 0 aliphatic carbocycles. The molecule has 0 radical (unpaired) electrons. The summed E-state index contributed by atoms with van der Waals surface area (Å²) in [5.41, 5.74) is 2.27. The van der Waals surface area contributed by atoms with E-state index in [1.807, 2.05) is 29.7 Å². The average molecular weight is 267 g/mol. The van der Waals surface area contributed by atoms with Gasteiger partial charge < -0.3 is 14.4 Å². The molecule has 2 rings (SSSR count). The minimum atomic E-state index is 0.0254. The summed E-state index contributed by atoms with van der Waals surface area (Å²) < 4.78 is 12.3. The maximum Gasteiger partial charge on any atom is 0.248 e. The highest BCUT2D eigenvalue weighted by molar-refractivity contribution is 5.77. The number of nitrogens with zero attached hydrogens (tertiary/aromatic N) is 3. The van der Waals surface area contributed by atoms with E-state index in [2.05, 4.69) is 5.10 Å². The van der Waals surface area contributed by atoms with E-state index in [0.29, 0.717) is 26.3 Å². The lowest BCUT2D eigenvalue weighted by atomic mass is 9.97. The lowest BCUT2D eigenvalue weighted by molar-refractivity contribution is -0.137. The van der Waals surface area contributed by atoms with Gasteiger partial charge in [0.15, 0.2) is 0 Å². The maximum absolute atomic E-state index is 12.1. The fourth-order valence-corrected chi connectivity index (χ4v) is 2.57. The van der Waals surface area contributed by atoms with Crippen molar-refractivity contribution in [2.24, 2.45) is 7.05 Å². The molecule has 0 saturated carbocycles. The Hall–Kier alpha value is -1.40. The van der Waals surface area contributed by atoms with Gasteiger partial charge in [-0.05, 0) is 6.92 Å². The Balaban J connectivity index is 2.13. The minimum absolute atomic E-state index is 0.0254. The van der Waals surface area contributed by atoms with Crippen molar-refractivity contribution in [3.05, 3.63) is 17.5 Å². The molecule has 1 aliphatic heterocycles. The number of aryl methyl sites for hydroxylation is 1. The summed E-state index contributed by atoms with van der Waals surface area (Å²) in [4.78, 5) is 13.9. The number of amides is 1. The van der Waals surface area contributed by atoms with Crippen molar-refractivity contribution in [2.45, 2.75) is 19.4 Å². The Bertz CT molecular complexity index is 444. The Morgan fingerprint density at radius 1 is 1.58 bits per heavy atom. The van der Waals surface area contributed by atoms with Gasteiger partial charge in [0.1, 0.15) is 6.61 Å². The predicted molar refractivity (Wildman–Crippen MR) is 69.7 cm³/mol. The van der Waals surface area contributed by atoms with Crippen molar-refractivity contribution in [1.82, 2.24) is 14.7 Å². The summed E-state index contributed by atoms with van der Waals surface area (Å²) in [6.07, 6.45) is 1.83. The highest BCUT2D eigenvalue weighted by Gasteiger charge is 2.30. The second-order valence-electron chi connectivity index (χ2n) is 4.74. The van der Waals surface area contributed by atoms with Crippen LogP contribution in [0.2, 0.25) is 0 Å². The molecule has 1 aromatic heterocycles. The van der Waals surface area contributed by atoms with Crippen LogP contribution >= 0.6 is 0 Å². The quantitative estimate of drug-likeness (QED) is 0.781. The third-order valence-corrected chi connectivity index (χ3v) is 3.40. The van der Waals surface area contributed by atoms with Crippen LogP contribution in [0.5, 0.6) is 0 Å². The molecule has 0 spiro atoms. The SMILES string of the molecule is CCOCC(=O)N1Cc2cnn(C)c2[C@@H](COC)C1. The van der Waals surface area contributed by atoms with Crippen molar-refractivity contribution < 1.29 is 14.3 Å². The summed E-state index contributed by atoms with van der Waals surface area (Å²) >= 11 is 0. The summed E-state index contributed by atoms with van der Waals surface area (Å²) in [5, 5.41) is 4.28. The van der Waals surface area contributed by atoms with Gasteiger partial charge in [0.25, 0.3) is 0 Å². The lowest BCUT2D eigenvalue weighted by Crippen LogP contribution is -2.41. The molecule has 0 fully saturated rings. The van der Waals surface area contributed by atoms with Gasteiger partial charge in [-0.1, -0.05) is 0 Å². The molecule has 6 heteroatoms. The summed E-state index contributed by atoms with van der Waals surface area (Å²) in [7, 11) is 3.61. The fraction of sp³-hybridized carbons (Fsp3) is 0.692. The molecule has 0 unspecified atom stereocenters. The topological polar surface area (TPSA) is 56.6 Å². The van der Waals surface area contributed by atoms with Crippen LogP contribution in [0.3, 0.4) is 0 Å². The highest BCUT2D eigenvalue weighted by atomic mass is 16.5. The standard InChI is InChI=1S/C13H21N3O3/c1-4-19-9-12(17)16-6-10-5-14-15(2)13(10)11(7-16)8-18-3/h5,11H,4,6-9H2,1-3H3/t11-/m1/s1. The molecule has 19 heavy (non-hydrogen) atoms. The van der Waals surface area contributed by atoms with Gasteiger partial charge in [0, 0.05) is 45.3 Å². The van der Waals surface area contributed by atoms with Crippen LogP contribution < -0.4 is 0 Å². The van der Waals surface area contributed by atoms with Crippen LogP contribution in [0.1, 0.15) is 24.1 Å². The number of methoxy groups -OCH3 is 1. The number of carbonyl (C=O) groups excluding carboxylic acids is 1. The largest absolute Gasteiger partial charge is 0.384 e. The molecule has 1 aromatic rings. The summed E-state index contributed by atoms with van der Waals surface area (Å²) in [5.74, 6) is 0.198. The highest BCUT2D eigenvalue weighted by Crippen LogP contribution is 2.28. The molecule has 1 aliphatic rings. The van der Waals surface area contributed by atoms with E-state index >= 15 is 0 Å². The first kappa shape index (κ1) is 14.0. The molecule has 0 bridgehead atoms. The van der Waals surface area contributed by atoms with E-state index in [0.717, 1.165) is 5.56 Å². The van der Waals surface area contributed by atoms with Gasteiger partial charge >= 0.3 is 0 Å². The first-order valence-electron chi connectivity index (χ1n) is 6.52. The van der Waals surface area contributed by atoms with Gasteiger partial charge in [0.05, 0.1) is 18.5 Å². The number of hydrogen-bond donors (Lipinski definition) is 0.